The first-order valence-corrected chi connectivity index (χ1v) is 9.86. The van der Waals surface area contributed by atoms with Gasteiger partial charge in [0.05, 0.1) is 6.10 Å². The SMILES string of the molecule is CC(=O)[C@H]1CCC2C3CC=C4N(C)C(=O)CC[C@]4(C)C3[C@@H](O)C[C@@]21C. The van der Waals surface area contributed by atoms with E-state index in [9.17, 15) is 14.7 Å². The van der Waals surface area contributed by atoms with Crippen LogP contribution in [0.2, 0.25) is 0 Å². The molecule has 1 aliphatic heterocycles. The number of aliphatic hydroxyl groups is 1. The molecule has 25 heavy (non-hydrogen) atoms. The van der Waals surface area contributed by atoms with Crippen molar-refractivity contribution in [1.82, 2.24) is 4.90 Å². The summed E-state index contributed by atoms with van der Waals surface area (Å²) in [6.45, 7) is 6.22. The number of nitrogens with zero attached hydrogens (tertiary/aromatic N) is 1. The Morgan fingerprint density at radius 3 is 2.72 bits per heavy atom. The molecule has 3 unspecified atom stereocenters. The second-order valence-electron chi connectivity index (χ2n) is 9.51. The first-order chi connectivity index (χ1) is 11.7. The number of ketones is 1. The average molecular weight is 345 g/mol. The molecule has 0 radical (unpaired) electrons. The lowest BCUT2D eigenvalue weighted by Crippen LogP contribution is -2.58. The second-order valence-corrected chi connectivity index (χ2v) is 9.51. The van der Waals surface area contributed by atoms with E-state index in [1.165, 1.54) is 0 Å². The number of hydrogen-bond donors (Lipinski definition) is 1. The first-order valence-electron chi connectivity index (χ1n) is 9.86. The van der Waals surface area contributed by atoms with Gasteiger partial charge < -0.3 is 10.0 Å². The number of hydrogen-bond acceptors (Lipinski definition) is 3. The Morgan fingerprint density at radius 2 is 2.04 bits per heavy atom. The van der Waals surface area contributed by atoms with E-state index in [1.807, 2.05) is 11.9 Å². The average Bonchev–Trinajstić information content (AvgIpc) is 2.88. The van der Waals surface area contributed by atoms with Crippen LogP contribution in [0.1, 0.15) is 59.3 Å². The van der Waals surface area contributed by atoms with E-state index in [0.717, 1.165) is 37.8 Å². The van der Waals surface area contributed by atoms with Crippen molar-refractivity contribution in [3.05, 3.63) is 11.8 Å². The molecule has 1 heterocycles. The van der Waals surface area contributed by atoms with Crippen LogP contribution in [0, 0.1) is 34.5 Å². The third kappa shape index (κ3) is 2.16. The van der Waals surface area contributed by atoms with Gasteiger partial charge in [-0.3, -0.25) is 9.59 Å². The summed E-state index contributed by atoms with van der Waals surface area (Å²) in [5.74, 6) is 1.71. The Labute approximate surface area is 150 Å². The van der Waals surface area contributed by atoms with Crippen molar-refractivity contribution in [2.24, 2.45) is 34.5 Å². The molecule has 138 valence electrons. The number of amides is 1. The zero-order chi connectivity index (χ0) is 18.1. The molecule has 4 aliphatic rings. The van der Waals surface area contributed by atoms with Gasteiger partial charge in [0.15, 0.2) is 0 Å². The van der Waals surface area contributed by atoms with Gasteiger partial charge in [0.2, 0.25) is 5.91 Å². The molecule has 0 aromatic heterocycles. The molecule has 4 nitrogen and oxygen atoms in total. The first kappa shape index (κ1) is 17.3. The lowest BCUT2D eigenvalue weighted by molar-refractivity contribution is -0.150. The molecule has 0 bridgehead atoms. The number of rotatable bonds is 1. The van der Waals surface area contributed by atoms with Crippen LogP contribution in [0.25, 0.3) is 0 Å². The van der Waals surface area contributed by atoms with Gasteiger partial charge >= 0.3 is 0 Å². The van der Waals surface area contributed by atoms with Crippen LogP contribution in [0.15, 0.2) is 11.8 Å². The Bertz CT molecular complexity index is 656. The summed E-state index contributed by atoms with van der Waals surface area (Å²) in [6.07, 6.45) is 7.00. The van der Waals surface area contributed by atoms with Crippen molar-refractivity contribution in [3.63, 3.8) is 0 Å². The van der Waals surface area contributed by atoms with E-state index >= 15 is 0 Å². The summed E-state index contributed by atoms with van der Waals surface area (Å²) >= 11 is 0. The van der Waals surface area contributed by atoms with Crippen molar-refractivity contribution >= 4 is 11.7 Å². The summed E-state index contributed by atoms with van der Waals surface area (Å²) in [7, 11) is 1.88. The number of aliphatic hydroxyl groups excluding tert-OH is 1. The molecule has 0 aromatic carbocycles. The lowest BCUT2D eigenvalue weighted by Gasteiger charge is -2.59. The summed E-state index contributed by atoms with van der Waals surface area (Å²) in [5.41, 5.74) is 0.930. The van der Waals surface area contributed by atoms with E-state index < -0.39 is 0 Å². The number of fused-ring (bicyclic) bond motifs is 5. The topological polar surface area (TPSA) is 57.6 Å². The molecule has 7 atom stereocenters. The Balaban J connectivity index is 1.75. The predicted molar refractivity (Wildman–Crippen MR) is 95.4 cm³/mol. The molecule has 0 spiro atoms. The van der Waals surface area contributed by atoms with Crippen LogP contribution < -0.4 is 0 Å². The number of likely N-dealkylation sites (tertiary alicyclic amines) is 1. The van der Waals surface area contributed by atoms with Crippen LogP contribution in [0.3, 0.4) is 0 Å². The number of allylic oxidation sites excluding steroid dienone is 2. The molecule has 4 heteroatoms. The number of carbonyl (C=O) groups is 2. The standard InChI is InChI=1S/C21H31NO3/c1-12(23)14-6-7-15-13-5-8-17-20(2,10-9-18(25)22(17)4)19(13)16(24)11-21(14,15)3/h8,13-16,19,24H,5-7,9-11H2,1-4H3/t13?,14-,15?,16+,19?,20+,21-/m1/s1. The molecule has 1 saturated heterocycles. The van der Waals surface area contributed by atoms with E-state index in [0.29, 0.717) is 18.3 Å². The minimum Gasteiger partial charge on any atom is -0.393 e. The fraction of sp³-hybridized carbons (Fsp3) is 0.810. The third-order valence-electron chi connectivity index (χ3n) is 8.44. The zero-order valence-electron chi connectivity index (χ0n) is 15.9. The molecule has 4 rings (SSSR count). The van der Waals surface area contributed by atoms with Gasteiger partial charge in [0.1, 0.15) is 5.78 Å². The van der Waals surface area contributed by atoms with Gasteiger partial charge in [-0.1, -0.05) is 19.9 Å². The van der Waals surface area contributed by atoms with Crippen LogP contribution in [-0.4, -0.2) is 34.8 Å². The smallest absolute Gasteiger partial charge is 0.226 e. The molecule has 3 aliphatic carbocycles. The molecule has 2 saturated carbocycles. The Hall–Kier alpha value is -1.16. The summed E-state index contributed by atoms with van der Waals surface area (Å²) in [6, 6.07) is 0. The second kappa shape index (κ2) is 5.42. The highest BCUT2D eigenvalue weighted by Crippen LogP contribution is 2.65. The Kier molecular flexibility index (Phi) is 3.74. The monoisotopic (exact) mass is 345 g/mol. The highest BCUT2D eigenvalue weighted by atomic mass is 16.3. The fourth-order valence-corrected chi connectivity index (χ4v) is 7.38. The van der Waals surface area contributed by atoms with E-state index in [1.54, 1.807) is 6.92 Å². The molecule has 3 fully saturated rings. The quantitative estimate of drug-likeness (QED) is 0.794. The maximum Gasteiger partial charge on any atom is 0.226 e. The summed E-state index contributed by atoms with van der Waals surface area (Å²) < 4.78 is 0. The highest BCUT2D eigenvalue weighted by Gasteiger charge is 2.62. The highest BCUT2D eigenvalue weighted by molar-refractivity contribution is 5.80. The van der Waals surface area contributed by atoms with Crippen LogP contribution in [-0.2, 0) is 9.59 Å². The van der Waals surface area contributed by atoms with Crippen molar-refractivity contribution in [1.29, 1.82) is 0 Å². The van der Waals surface area contributed by atoms with E-state index in [-0.39, 0.29) is 40.5 Å². The molecular weight excluding hydrogens is 314 g/mol. The summed E-state index contributed by atoms with van der Waals surface area (Å²) in [5, 5.41) is 11.2. The summed E-state index contributed by atoms with van der Waals surface area (Å²) in [4.78, 5) is 26.2. The van der Waals surface area contributed by atoms with Crippen LogP contribution in [0.4, 0.5) is 0 Å². The van der Waals surface area contributed by atoms with Gasteiger partial charge in [-0.2, -0.15) is 0 Å². The maximum absolute atomic E-state index is 12.2. The molecule has 1 amide bonds. The Morgan fingerprint density at radius 1 is 1.32 bits per heavy atom. The van der Waals surface area contributed by atoms with Gasteiger partial charge in [0.25, 0.3) is 0 Å². The number of piperidine rings is 1. The third-order valence-corrected chi connectivity index (χ3v) is 8.44. The lowest BCUT2D eigenvalue weighted by atomic mass is 9.48. The van der Waals surface area contributed by atoms with Crippen molar-refractivity contribution in [2.75, 3.05) is 7.05 Å². The van der Waals surface area contributed by atoms with Crippen LogP contribution >= 0.6 is 0 Å². The van der Waals surface area contributed by atoms with Crippen molar-refractivity contribution in [2.45, 2.75) is 65.4 Å². The largest absolute Gasteiger partial charge is 0.393 e. The van der Waals surface area contributed by atoms with Gasteiger partial charge in [-0.25, -0.2) is 0 Å². The van der Waals surface area contributed by atoms with E-state index in [2.05, 4.69) is 19.9 Å². The predicted octanol–water partition coefficient (Wildman–Crippen LogP) is 3.15. The van der Waals surface area contributed by atoms with Gasteiger partial charge in [0, 0.05) is 30.5 Å². The fourth-order valence-electron chi connectivity index (χ4n) is 7.38. The zero-order valence-corrected chi connectivity index (χ0v) is 15.9. The molecule has 1 N–H and O–H groups in total. The van der Waals surface area contributed by atoms with Gasteiger partial charge in [-0.15, -0.1) is 0 Å². The van der Waals surface area contributed by atoms with E-state index in [4.69, 9.17) is 0 Å². The molecular formula is C21H31NO3. The number of Topliss-reactive ketones (excluding diaryl/α,β-unsaturated/α-hetero) is 1. The van der Waals surface area contributed by atoms with Crippen LogP contribution in [0.5, 0.6) is 0 Å². The van der Waals surface area contributed by atoms with Gasteiger partial charge in [-0.05, 0) is 62.2 Å². The minimum atomic E-state index is -0.387. The normalized spacial score (nSPS) is 49.2. The maximum atomic E-state index is 12.2. The van der Waals surface area contributed by atoms with Crippen molar-refractivity contribution in [3.8, 4) is 0 Å². The number of carbonyl (C=O) groups excluding carboxylic acids is 2. The molecule has 0 aromatic rings. The van der Waals surface area contributed by atoms with Crippen molar-refractivity contribution < 1.29 is 14.7 Å². The minimum absolute atomic E-state index is 0.0650.